The number of H-pyrrole nitrogens is 2. The van der Waals surface area contributed by atoms with Gasteiger partial charge in [0.15, 0.2) is 0 Å². The van der Waals surface area contributed by atoms with Crippen LogP contribution < -0.4 is 0 Å². The van der Waals surface area contributed by atoms with Crippen LogP contribution in [0.15, 0.2) is 48.8 Å². The van der Waals surface area contributed by atoms with E-state index in [1.165, 1.54) is 0 Å². The van der Waals surface area contributed by atoms with E-state index in [0.29, 0.717) is 0 Å². The molecule has 5 N–H and O–H groups in total. The van der Waals surface area contributed by atoms with Gasteiger partial charge in [0.1, 0.15) is 17.3 Å². The fourth-order valence-corrected chi connectivity index (χ4v) is 3.72. The van der Waals surface area contributed by atoms with Crippen LogP contribution in [0.1, 0.15) is 17.5 Å². The van der Waals surface area contributed by atoms with Crippen LogP contribution in [-0.2, 0) is 22.4 Å². The van der Waals surface area contributed by atoms with Crippen molar-refractivity contribution in [2.24, 2.45) is 5.92 Å². The minimum absolute atomic E-state index is 0.0852. The monoisotopic (exact) mass is 392 g/mol. The van der Waals surface area contributed by atoms with Gasteiger partial charge in [0.2, 0.25) is 0 Å². The maximum absolute atomic E-state index is 12.6. The molecule has 148 valence electrons. The van der Waals surface area contributed by atoms with Crippen LogP contribution in [-0.4, -0.2) is 37.0 Å². The number of hydrogen-bond donors (Lipinski definition) is 5. The number of carbonyl (C=O) groups excluding carboxylic acids is 1. The molecule has 0 spiro atoms. The molecule has 4 rings (SSSR count). The van der Waals surface area contributed by atoms with Crippen LogP contribution in [0.2, 0.25) is 0 Å². The van der Waals surface area contributed by atoms with Crippen LogP contribution in [0.4, 0.5) is 0 Å². The molecule has 7 nitrogen and oxygen atoms in total. The van der Waals surface area contributed by atoms with Crippen LogP contribution in [0.3, 0.4) is 0 Å². The van der Waals surface area contributed by atoms with Crippen molar-refractivity contribution >= 4 is 33.6 Å². The highest BCUT2D eigenvalue weighted by atomic mass is 16.4. The number of carbonyl (C=O) groups is 2. The highest BCUT2D eigenvalue weighted by molar-refractivity contribution is 5.92. The number of carboxylic acids is 1. The summed E-state index contributed by atoms with van der Waals surface area (Å²) in [6.07, 6.45) is 3.58. The minimum Gasteiger partial charge on any atom is -0.508 e. The summed E-state index contributed by atoms with van der Waals surface area (Å²) in [7, 11) is 0. The lowest BCUT2D eigenvalue weighted by molar-refractivity contribution is -0.143. The minimum atomic E-state index is -1.04. The number of hydrogen-bond acceptors (Lipinski definition) is 4. The van der Waals surface area contributed by atoms with E-state index in [-0.39, 0.29) is 36.5 Å². The molecule has 0 aliphatic rings. The van der Waals surface area contributed by atoms with E-state index in [0.717, 1.165) is 32.9 Å². The van der Waals surface area contributed by atoms with Crippen molar-refractivity contribution in [3.63, 3.8) is 0 Å². The molecule has 7 heteroatoms. The molecule has 0 fully saturated rings. The van der Waals surface area contributed by atoms with Gasteiger partial charge >= 0.3 is 5.97 Å². The number of ketones is 1. The zero-order valence-electron chi connectivity index (χ0n) is 15.5. The summed E-state index contributed by atoms with van der Waals surface area (Å²) < 4.78 is 0. The Balaban J connectivity index is 1.51. The van der Waals surface area contributed by atoms with Crippen molar-refractivity contribution < 1.29 is 24.9 Å². The summed E-state index contributed by atoms with van der Waals surface area (Å²) in [5.41, 5.74) is 3.07. The lowest BCUT2D eigenvalue weighted by Crippen LogP contribution is -2.21. The number of benzene rings is 2. The Bertz CT molecular complexity index is 1220. The van der Waals surface area contributed by atoms with Crippen molar-refractivity contribution in [3.8, 4) is 11.5 Å². The van der Waals surface area contributed by atoms with Gasteiger partial charge in [0, 0.05) is 47.0 Å². The molecule has 0 unspecified atom stereocenters. The van der Waals surface area contributed by atoms with Crippen LogP contribution in [0.5, 0.6) is 11.5 Å². The molecule has 0 saturated carbocycles. The molecule has 1 atom stereocenters. The number of aromatic nitrogens is 2. The zero-order chi connectivity index (χ0) is 20.5. The first-order valence-corrected chi connectivity index (χ1v) is 9.23. The lowest BCUT2D eigenvalue weighted by atomic mass is 9.92. The van der Waals surface area contributed by atoms with Gasteiger partial charge in [-0.3, -0.25) is 9.59 Å². The average molecular weight is 392 g/mol. The normalized spacial score (nSPS) is 12.4. The number of aliphatic carboxylic acids is 1. The summed E-state index contributed by atoms with van der Waals surface area (Å²) in [6, 6.07) is 9.73. The molecule has 0 radical (unpaired) electrons. The first kappa shape index (κ1) is 18.6. The summed E-state index contributed by atoms with van der Waals surface area (Å²) in [6.45, 7) is 0. The Hall–Kier alpha value is -3.74. The summed E-state index contributed by atoms with van der Waals surface area (Å²) in [5.74, 6) is -1.89. The van der Waals surface area contributed by atoms with Gasteiger partial charge in [0.25, 0.3) is 0 Å². The molecule has 2 aromatic carbocycles. The average Bonchev–Trinajstić information content (AvgIpc) is 3.25. The van der Waals surface area contributed by atoms with Crippen LogP contribution in [0, 0.1) is 5.92 Å². The maximum atomic E-state index is 12.6. The SMILES string of the molecule is O=C(Cc1c[nH]c2ccc(O)cc12)C[C@@H](Cc1c[nH]c2ccc(O)cc12)C(=O)O. The Kier molecular flexibility index (Phi) is 4.72. The third-order valence-electron chi connectivity index (χ3n) is 5.18. The maximum Gasteiger partial charge on any atom is 0.307 e. The largest absolute Gasteiger partial charge is 0.508 e. The van der Waals surface area contributed by atoms with Crippen molar-refractivity contribution in [2.45, 2.75) is 19.3 Å². The van der Waals surface area contributed by atoms with Gasteiger partial charge in [-0.2, -0.15) is 0 Å². The summed E-state index contributed by atoms with van der Waals surface area (Å²) >= 11 is 0. The second-order valence-corrected chi connectivity index (χ2v) is 7.25. The van der Waals surface area contributed by atoms with Crippen LogP contribution in [0.25, 0.3) is 21.8 Å². The third-order valence-corrected chi connectivity index (χ3v) is 5.18. The molecule has 29 heavy (non-hydrogen) atoms. The number of fused-ring (bicyclic) bond motifs is 2. The molecule has 0 bridgehead atoms. The topological polar surface area (TPSA) is 126 Å². The summed E-state index contributed by atoms with van der Waals surface area (Å²) in [5, 5.41) is 30.5. The fraction of sp³-hybridized carbons (Fsp3) is 0.182. The Morgan fingerprint density at radius 2 is 1.41 bits per heavy atom. The molecule has 4 aromatic rings. The first-order chi connectivity index (χ1) is 13.9. The van der Waals surface area contributed by atoms with Gasteiger partial charge in [-0.25, -0.2) is 0 Å². The quantitative estimate of drug-likeness (QED) is 0.329. The number of phenolic OH excluding ortho intramolecular Hbond substituents is 2. The van der Waals surface area contributed by atoms with E-state index in [2.05, 4.69) is 9.97 Å². The second kappa shape index (κ2) is 7.35. The number of Topliss-reactive ketones (excluding diaryl/α,β-unsaturated/α-hetero) is 1. The van der Waals surface area contributed by atoms with Crippen molar-refractivity contribution in [1.82, 2.24) is 9.97 Å². The highest BCUT2D eigenvalue weighted by Gasteiger charge is 2.24. The van der Waals surface area contributed by atoms with E-state index in [1.807, 2.05) is 0 Å². The standard InChI is InChI=1S/C22H20N2O5/c25-15-1-3-20-18(8-15)13(10-23-20)5-12(22(28)29)6-17(27)7-14-11-24-21-4-2-16(26)9-19(14)21/h1-4,8-12,23-26H,5-7H2,(H,28,29)/t12-/m1/s1. The van der Waals surface area contributed by atoms with Gasteiger partial charge in [0.05, 0.1) is 5.92 Å². The predicted molar refractivity (Wildman–Crippen MR) is 108 cm³/mol. The Morgan fingerprint density at radius 3 is 2.00 bits per heavy atom. The van der Waals surface area contributed by atoms with E-state index >= 15 is 0 Å². The molecule has 0 aliphatic carbocycles. The number of nitrogens with one attached hydrogen (secondary N) is 2. The van der Waals surface area contributed by atoms with Gasteiger partial charge in [-0.1, -0.05) is 0 Å². The lowest BCUT2D eigenvalue weighted by Gasteiger charge is -2.11. The number of rotatable bonds is 7. The van der Waals surface area contributed by atoms with Crippen molar-refractivity contribution in [3.05, 3.63) is 59.9 Å². The molecular weight excluding hydrogens is 372 g/mol. The predicted octanol–water partition coefficient (Wildman–Crippen LogP) is 3.51. The fourth-order valence-electron chi connectivity index (χ4n) is 3.72. The Morgan fingerprint density at radius 1 is 0.862 bits per heavy atom. The number of carboxylic acid groups (broad SMARTS) is 1. The van der Waals surface area contributed by atoms with E-state index in [9.17, 15) is 24.9 Å². The van der Waals surface area contributed by atoms with E-state index < -0.39 is 11.9 Å². The number of aromatic amines is 2. The summed E-state index contributed by atoms with van der Waals surface area (Å²) in [4.78, 5) is 30.5. The molecule has 2 heterocycles. The number of aromatic hydroxyl groups is 2. The van der Waals surface area contributed by atoms with E-state index in [1.54, 1.807) is 48.8 Å². The molecular formula is C22H20N2O5. The zero-order valence-corrected chi connectivity index (χ0v) is 15.5. The van der Waals surface area contributed by atoms with Gasteiger partial charge in [-0.15, -0.1) is 0 Å². The van der Waals surface area contributed by atoms with Crippen molar-refractivity contribution in [1.29, 1.82) is 0 Å². The molecule has 0 amide bonds. The van der Waals surface area contributed by atoms with Gasteiger partial charge < -0.3 is 25.3 Å². The smallest absolute Gasteiger partial charge is 0.307 e. The highest BCUT2D eigenvalue weighted by Crippen LogP contribution is 2.27. The Labute approximate surface area is 165 Å². The molecule has 0 saturated heterocycles. The van der Waals surface area contributed by atoms with E-state index in [4.69, 9.17) is 0 Å². The molecule has 2 aromatic heterocycles. The van der Waals surface area contributed by atoms with Crippen molar-refractivity contribution in [2.75, 3.05) is 0 Å². The molecule has 0 aliphatic heterocycles. The first-order valence-electron chi connectivity index (χ1n) is 9.23. The van der Waals surface area contributed by atoms with Gasteiger partial charge in [-0.05, 0) is 53.9 Å². The third kappa shape index (κ3) is 3.80. The number of phenols is 2. The van der Waals surface area contributed by atoms with Crippen LogP contribution >= 0.6 is 0 Å². The second-order valence-electron chi connectivity index (χ2n) is 7.25.